The van der Waals surface area contributed by atoms with E-state index in [-0.39, 0.29) is 0 Å². The SMILES string of the molecule is FC(F)(F)C1(F)N=NN=N1. The minimum Gasteiger partial charge on any atom is -0.176 e. The van der Waals surface area contributed by atoms with E-state index in [0.29, 0.717) is 0 Å². The van der Waals surface area contributed by atoms with Gasteiger partial charge in [0.05, 0.1) is 0 Å². The fourth-order valence-corrected chi connectivity index (χ4v) is 0.292. The molecule has 1 rings (SSSR count). The van der Waals surface area contributed by atoms with E-state index in [1.54, 1.807) is 0 Å². The van der Waals surface area contributed by atoms with E-state index in [1.165, 1.54) is 0 Å². The Hall–Kier alpha value is -1.08. The van der Waals surface area contributed by atoms with Crippen LogP contribution in [0.15, 0.2) is 20.7 Å². The highest BCUT2D eigenvalue weighted by Gasteiger charge is 2.60. The molecule has 10 heavy (non-hydrogen) atoms. The van der Waals surface area contributed by atoms with Gasteiger partial charge in [-0.25, -0.2) is 0 Å². The van der Waals surface area contributed by atoms with Gasteiger partial charge >= 0.3 is 12.1 Å². The van der Waals surface area contributed by atoms with Gasteiger partial charge < -0.3 is 0 Å². The maximum atomic E-state index is 12.2. The number of halogens is 4. The van der Waals surface area contributed by atoms with Gasteiger partial charge in [-0.2, -0.15) is 17.6 Å². The summed E-state index contributed by atoms with van der Waals surface area (Å²) >= 11 is 0. The molecule has 1 aliphatic heterocycles. The molecule has 0 aromatic heterocycles. The van der Waals surface area contributed by atoms with Gasteiger partial charge in [-0.1, -0.05) is 10.2 Å². The lowest BCUT2D eigenvalue weighted by molar-refractivity contribution is -0.225. The average Bonchev–Trinajstić information content (AvgIpc) is 2.13. The van der Waals surface area contributed by atoms with E-state index in [0.717, 1.165) is 0 Å². The number of hydrogen-bond acceptors (Lipinski definition) is 4. The molecule has 0 saturated heterocycles. The quantitative estimate of drug-likeness (QED) is 0.380. The van der Waals surface area contributed by atoms with E-state index in [4.69, 9.17) is 0 Å². The first kappa shape index (κ1) is 7.03. The molecule has 0 saturated carbocycles. The van der Waals surface area contributed by atoms with Crippen LogP contribution in [0.1, 0.15) is 0 Å². The third-order valence-corrected chi connectivity index (χ3v) is 0.755. The Labute approximate surface area is 51.6 Å². The largest absolute Gasteiger partial charge is 0.470 e. The molecule has 0 radical (unpaired) electrons. The summed E-state index contributed by atoms with van der Waals surface area (Å²) in [6.45, 7) is 0. The second-order valence-electron chi connectivity index (χ2n) is 1.46. The molecular weight excluding hydrogens is 156 g/mol. The van der Waals surface area contributed by atoms with Crippen molar-refractivity contribution in [2.24, 2.45) is 20.7 Å². The predicted molar refractivity (Wildman–Crippen MR) is 19.6 cm³/mol. The third kappa shape index (κ3) is 0.847. The van der Waals surface area contributed by atoms with Crippen LogP contribution in [0.3, 0.4) is 0 Å². The first-order valence-electron chi connectivity index (χ1n) is 2.05. The Morgan fingerprint density at radius 2 is 1.40 bits per heavy atom. The van der Waals surface area contributed by atoms with E-state index < -0.39 is 12.1 Å². The van der Waals surface area contributed by atoms with Crippen molar-refractivity contribution in [3.05, 3.63) is 0 Å². The number of alkyl halides is 4. The molecular formula is C2F4N4. The van der Waals surface area contributed by atoms with Crippen molar-refractivity contribution in [3.63, 3.8) is 0 Å². The molecule has 0 unspecified atom stereocenters. The van der Waals surface area contributed by atoms with Crippen LogP contribution >= 0.6 is 0 Å². The van der Waals surface area contributed by atoms with Crippen molar-refractivity contribution in [3.8, 4) is 0 Å². The van der Waals surface area contributed by atoms with Crippen LogP contribution in [-0.4, -0.2) is 12.1 Å². The van der Waals surface area contributed by atoms with Gasteiger partial charge in [0.25, 0.3) is 0 Å². The minimum atomic E-state index is -5.17. The van der Waals surface area contributed by atoms with E-state index in [9.17, 15) is 17.6 Å². The van der Waals surface area contributed by atoms with Gasteiger partial charge in [-0.3, -0.25) is 0 Å². The molecule has 1 aliphatic rings. The van der Waals surface area contributed by atoms with Crippen LogP contribution in [0.25, 0.3) is 0 Å². The predicted octanol–water partition coefficient (Wildman–Crippen LogP) is 2.00. The van der Waals surface area contributed by atoms with E-state index >= 15 is 0 Å². The van der Waals surface area contributed by atoms with Crippen LogP contribution in [-0.2, 0) is 0 Å². The topological polar surface area (TPSA) is 49.4 Å². The number of nitrogens with zero attached hydrogens (tertiary/aromatic N) is 4. The van der Waals surface area contributed by atoms with Crippen molar-refractivity contribution >= 4 is 0 Å². The van der Waals surface area contributed by atoms with Crippen molar-refractivity contribution in [2.75, 3.05) is 0 Å². The van der Waals surface area contributed by atoms with Gasteiger partial charge in [-0.15, -0.1) is 0 Å². The first-order valence-corrected chi connectivity index (χ1v) is 2.05. The minimum absolute atomic E-state index is 2.14. The molecule has 4 nitrogen and oxygen atoms in total. The molecule has 0 amide bonds. The number of rotatable bonds is 0. The summed E-state index contributed by atoms with van der Waals surface area (Å²) in [6, 6.07) is 0. The standard InChI is InChI=1S/C2F4N4/c3-1(4,5)2(6)7-9-10-8-2. The molecule has 0 spiro atoms. The van der Waals surface area contributed by atoms with E-state index in [1.807, 2.05) is 0 Å². The zero-order chi connectivity index (χ0) is 7.83. The normalized spacial score (nSPS) is 22.0. The molecule has 0 bridgehead atoms. The highest BCUT2D eigenvalue weighted by atomic mass is 19.4. The smallest absolute Gasteiger partial charge is 0.176 e. The summed E-state index contributed by atoms with van der Waals surface area (Å²) in [5.74, 6) is -3.95. The van der Waals surface area contributed by atoms with Crippen LogP contribution in [0, 0.1) is 0 Å². The summed E-state index contributed by atoms with van der Waals surface area (Å²) in [6.07, 6.45) is -5.17. The van der Waals surface area contributed by atoms with E-state index in [2.05, 4.69) is 20.7 Å². The van der Waals surface area contributed by atoms with Gasteiger partial charge in [0.1, 0.15) is 0 Å². The zero-order valence-electron chi connectivity index (χ0n) is 4.30. The summed E-state index contributed by atoms with van der Waals surface area (Å²) < 4.78 is 46.6. The third-order valence-electron chi connectivity index (χ3n) is 0.755. The van der Waals surface area contributed by atoms with Crippen molar-refractivity contribution in [1.82, 2.24) is 0 Å². The second kappa shape index (κ2) is 1.70. The molecule has 0 aromatic carbocycles. The molecule has 0 fully saturated rings. The van der Waals surface area contributed by atoms with Gasteiger partial charge in [-0.05, 0) is 10.4 Å². The zero-order valence-corrected chi connectivity index (χ0v) is 4.30. The second-order valence-corrected chi connectivity index (χ2v) is 1.46. The van der Waals surface area contributed by atoms with Gasteiger partial charge in [0, 0.05) is 0 Å². The fourth-order valence-electron chi connectivity index (χ4n) is 0.292. The van der Waals surface area contributed by atoms with Crippen molar-refractivity contribution in [1.29, 1.82) is 0 Å². The van der Waals surface area contributed by atoms with Crippen LogP contribution in [0.4, 0.5) is 17.6 Å². The Balaban J connectivity index is 2.90. The summed E-state index contributed by atoms with van der Waals surface area (Å²) in [5, 5.41) is 9.06. The molecule has 0 aromatic rings. The van der Waals surface area contributed by atoms with Crippen molar-refractivity contribution < 1.29 is 17.6 Å². The molecule has 8 heteroatoms. The summed E-state index contributed by atoms with van der Waals surface area (Å²) in [7, 11) is 0. The van der Waals surface area contributed by atoms with Crippen LogP contribution in [0.2, 0.25) is 0 Å². The molecule has 1 heterocycles. The maximum Gasteiger partial charge on any atom is 0.470 e. The van der Waals surface area contributed by atoms with Crippen LogP contribution < -0.4 is 0 Å². The van der Waals surface area contributed by atoms with Crippen molar-refractivity contribution in [2.45, 2.75) is 12.1 Å². The van der Waals surface area contributed by atoms with Crippen LogP contribution in [0.5, 0.6) is 0 Å². The lowest BCUT2D eigenvalue weighted by atomic mass is 10.5. The highest BCUT2D eigenvalue weighted by Crippen LogP contribution is 2.38. The summed E-state index contributed by atoms with van der Waals surface area (Å²) in [4.78, 5) is 0. The molecule has 0 N–H and O–H groups in total. The first-order chi connectivity index (χ1) is 4.46. The van der Waals surface area contributed by atoms with Gasteiger partial charge in [0.2, 0.25) is 0 Å². The Morgan fingerprint density at radius 3 is 1.60 bits per heavy atom. The Bertz CT molecular complexity index is 180. The summed E-state index contributed by atoms with van der Waals surface area (Å²) in [5.41, 5.74) is 0. The average molecular weight is 156 g/mol. The highest BCUT2D eigenvalue weighted by molar-refractivity contribution is 4.80. The maximum absolute atomic E-state index is 12.2. The number of hydrogen-bond donors (Lipinski definition) is 0. The Morgan fingerprint density at radius 1 is 1.00 bits per heavy atom. The lowest BCUT2D eigenvalue weighted by Gasteiger charge is -2.11. The lowest BCUT2D eigenvalue weighted by Crippen LogP contribution is -2.35. The molecule has 0 atom stereocenters. The molecule has 0 aliphatic carbocycles. The Kier molecular flexibility index (Phi) is 1.20. The monoisotopic (exact) mass is 156 g/mol. The fraction of sp³-hybridized carbons (Fsp3) is 1.00. The van der Waals surface area contributed by atoms with Gasteiger partial charge in [0.15, 0.2) is 0 Å². The molecule has 56 valence electrons.